The van der Waals surface area contributed by atoms with Crippen LogP contribution in [0.2, 0.25) is 0 Å². The third-order valence-corrected chi connectivity index (χ3v) is 5.69. The number of nitrogens with one attached hydrogen (secondary N) is 1. The third kappa shape index (κ3) is 3.10. The second-order valence-electron chi connectivity index (χ2n) is 5.56. The van der Waals surface area contributed by atoms with Crippen molar-refractivity contribution in [2.24, 2.45) is 0 Å². The van der Waals surface area contributed by atoms with Gasteiger partial charge in [-0.1, -0.05) is 42.2 Å². The van der Waals surface area contributed by atoms with E-state index in [4.69, 9.17) is 12.2 Å². The summed E-state index contributed by atoms with van der Waals surface area (Å²) in [5.74, 6) is 1.17. The van der Waals surface area contributed by atoms with Crippen LogP contribution in [0.1, 0.15) is 5.56 Å². The lowest BCUT2D eigenvalue weighted by Crippen LogP contribution is -3.16. The summed E-state index contributed by atoms with van der Waals surface area (Å²) >= 11 is 7.22. The Labute approximate surface area is 130 Å². The Morgan fingerprint density at radius 1 is 1.20 bits per heavy atom. The quantitative estimate of drug-likeness (QED) is 0.835. The number of rotatable bonds is 3. The van der Waals surface area contributed by atoms with E-state index in [-0.39, 0.29) is 0 Å². The van der Waals surface area contributed by atoms with Gasteiger partial charge in [-0.3, -0.25) is 0 Å². The van der Waals surface area contributed by atoms with Crippen molar-refractivity contribution in [2.45, 2.75) is 6.92 Å². The number of piperazine rings is 1. The summed E-state index contributed by atoms with van der Waals surface area (Å²) in [6, 6.07) is 8.70. The molecule has 0 unspecified atom stereocenters. The van der Waals surface area contributed by atoms with E-state index in [2.05, 4.69) is 41.0 Å². The Morgan fingerprint density at radius 2 is 1.95 bits per heavy atom. The van der Waals surface area contributed by atoms with Crippen LogP contribution in [0.3, 0.4) is 0 Å². The van der Waals surface area contributed by atoms with Crippen LogP contribution in [-0.2, 0) is 0 Å². The van der Waals surface area contributed by atoms with Crippen molar-refractivity contribution in [3.63, 3.8) is 0 Å². The minimum atomic E-state index is 1.09. The molecule has 0 amide bonds. The summed E-state index contributed by atoms with van der Waals surface area (Å²) < 4.78 is 1.10. The van der Waals surface area contributed by atoms with Crippen molar-refractivity contribution in [3.05, 3.63) is 29.8 Å². The summed E-state index contributed by atoms with van der Waals surface area (Å²) in [6.07, 6.45) is 0. The van der Waals surface area contributed by atoms with E-state index in [1.54, 1.807) is 4.90 Å². The monoisotopic (exact) mass is 308 g/mol. The standard InChI is InChI=1S/C15H21N3S2/c1-13-4-2-3-5-14(13)17-8-6-16(7-9-17)12-18-10-11-20-15(18)19/h2-5H,6-12H2,1H3/p+1. The fraction of sp³-hybridized carbons (Fsp3) is 0.533. The van der Waals surface area contributed by atoms with Gasteiger partial charge in [0.05, 0.1) is 26.2 Å². The molecule has 1 aromatic rings. The van der Waals surface area contributed by atoms with Gasteiger partial charge >= 0.3 is 0 Å². The molecule has 2 aliphatic rings. The highest BCUT2D eigenvalue weighted by Crippen LogP contribution is 2.19. The Kier molecular flexibility index (Phi) is 4.48. The largest absolute Gasteiger partial charge is 0.360 e. The van der Waals surface area contributed by atoms with E-state index in [1.165, 1.54) is 30.1 Å². The molecule has 1 N–H and O–H groups in total. The molecule has 2 heterocycles. The van der Waals surface area contributed by atoms with Crippen molar-refractivity contribution in [1.82, 2.24) is 4.90 Å². The van der Waals surface area contributed by atoms with Gasteiger partial charge in [0, 0.05) is 18.0 Å². The minimum absolute atomic E-state index is 1.09. The molecule has 0 spiro atoms. The van der Waals surface area contributed by atoms with Gasteiger partial charge in [-0.2, -0.15) is 0 Å². The van der Waals surface area contributed by atoms with Crippen LogP contribution in [0, 0.1) is 6.92 Å². The molecule has 0 bridgehead atoms. The summed E-state index contributed by atoms with van der Waals surface area (Å²) in [7, 11) is 0. The molecule has 0 saturated carbocycles. The topological polar surface area (TPSA) is 10.9 Å². The molecule has 1 aromatic carbocycles. The number of thiocarbonyl (C=S) groups is 1. The minimum Gasteiger partial charge on any atom is -0.360 e. The van der Waals surface area contributed by atoms with Crippen LogP contribution in [-0.4, -0.2) is 54.4 Å². The number of quaternary nitrogens is 1. The maximum atomic E-state index is 5.39. The molecule has 0 aromatic heterocycles. The zero-order valence-corrected chi connectivity index (χ0v) is 13.6. The number of thioether (sulfide) groups is 1. The maximum Gasteiger partial charge on any atom is 0.154 e. The number of benzene rings is 1. The molecule has 108 valence electrons. The average molecular weight is 308 g/mol. The smallest absolute Gasteiger partial charge is 0.154 e. The van der Waals surface area contributed by atoms with Crippen molar-refractivity contribution >= 4 is 34.0 Å². The summed E-state index contributed by atoms with van der Waals surface area (Å²) in [5.41, 5.74) is 2.78. The van der Waals surface area contributed by atoms with Crippen molar-refractivity contribution < 1.29 is 4.90 Å². The summed E-state index contributed by atoms with van der Waals surface area (Å²) in [5, 5.41) is 0. The first-order chi connectivity index (χ1) is 9.74. The zero-order valence-electron chi connectivity index (χ0n) is 12.0. The Morgan fingerprint density at radius 3 is 2.60 bits per heavy atom. The van der Waals surface area contributed by atoms with Crippen LogP contribution in [0.5, 0.6) is 0 Å². The van der Waals surface area contributed by atoms with E-state index in [0.29, 0.717) is 0 Å². The highest BCUT2D eigenvalue weighted by molar-refractivity contribution is 8.23. The van der Waals surface area contributed by atoms with E-state index in [9.17, 15) is 0 Å². The number of nitrogens with zero attached hydrogens (tertiary/aromatic N) is 2. The Hall–Kier alpha value is -0.780. The van der Waals surface area contributed by atoms with Crippen molar-refractivity contribution in [1.29, 1.82) is 0 Å². The van der Waals surface area contributed by atoms with Gasteiger partial charge in [0.2, 0.25) is 0 Å². The van der Waals surface area contributed by atoms with Gasteiger partial charge in [0.15, 0.2) is 6.67 Å². The van der Waals surface area contributed by atoms with Gasteiger partial charge in [-0.05, 0) is 18.6 Å². The van der Waals surface area contributed by atoms with Crippen molar-refractivity contribution in [2.75, 3.05) is 50.0 Å². The number of hydrogen-bond acceptors (Lipinski definition) is 3. The number of aryl methyl sites for hydroxylation is 1. The fourth-order valence-corrected chi connectivity index (χ4v) is 4.21. The molecule has 0 atom stereocenters. The lowest BCUT2D eigenvalue weighted by Gasteiger charge is -2.36. The second-order valence-corrected chi connectivity index (χ2v) is 7.29. The lowest BCUT2D eigenvalue weighted by atomic mass is 10.1. The van der Waals surface area contributed by atoms with Gasteiger partial charge in [0.25, 0.3) is 0 Å². The SMILES string of the molecule is Cc1ccccc1N1CC[NH+](CN2CCSC2=S)CC1. The van der Waals surface area contributed by atoms with Gasteiger partial charge in [-0.15, -0.1) is 0 Å². The highest BCUT2D eigenvalue weighted by Gasteiger charge is 2.26. The van der Waals surface area contributed by atoms with Crippen LogP contribution in [0.25, 0.3) is 0 Å². The summed E-state index contributed by atoms with van der Waals surface area (Å²) in [6.45, 7) is 9.13. The van der Waals surface area contributed by atoms with E-state index >= 15 is 0 Å². The Bertz CT molecular complexity index is 484. The molecule has 0 aliphatic carbocycles. The predicted molar refractivity (Wildman–Crippen MR) is 90.7 cm³/mol. The molecule has 2 saturated heterocycles. The number of hydrogen-bond donors (Lipinski definition) is 1. The van der Waals surface area contributed by atoms with Crippen LogP contribution in [0.15, 0.2) is 24.3 Å². The Balaban J connectivity index is 1.54. The molecule has 2 fully saturated rings. The van der Waals surface area contributed by atoms with Gasteiger partial charge in [-0.25, -0.2) is 0 Å². The third-order valence-electron chi connectivity index (χ3n) is 4.19. The molecule has 5 heteroatoms. The number of anilines is 1. The highest BCUT2D eigenvalue weighted by atomic mass is 32.2. The van der Waals surface area contributed by atoms with Gasteiger partial charge < -0.3 is 14.7 Å². The molecule has 20 heavy (non-hydrogen) atoms. The molecule has 0 radical (unpaired) electrons. The molecular weight excluding hydrogens is 286 g/mol. The lowest BCUT2D eigenvalue weighted by molar-refractivity contribution is -0.909. The normalized spacial score (nSPS) is 20.8. The zero-order chi connectivity index (χ0) is 13.9. The van der Waals surface area contributed by atoms with Crippen LogP contribution < -0.4 is 9.80 Å². The van der Waals surface area contributed by atoms with Crippen LogP contribution >= 0.6 is 24.0 Å². The summed E-state index contributed by atoms with van der Waals surface area (Å²) in [4.78, 5) is 6.56. The van der Waals surface area contributed by atoms with E-state index in [1.807, 2.05) is 11.8 Å². The average Bonchev–Trinajstić information content (AvgIpc) is 2.86. The molecular formula is C15H22N3S2+. The first-order valence-electron chi connectivity index (χ1n) is 7.30. The molecule has 2 aliphatic heterocycles. The molecule has 3 nitrogen and oxygen atoms in total. The maximum absolute atomic E-state index is 5.39. The first-order valence-corrected chi connectivity index (χ1v) is 8.69. The van der Waals surface area contributed by atoms with Crippen LogP contribution in [0.4, 0.5) is 5.69 Å². The fourth-order valence-electron chi connectivity index (χ4n) is 2.98. The molecule has 3 rings (SSSR count). The van der Waals surface area contributed by atoms with E-state index < -0.39 is 0 Å². The predicted octanol–water partition coefficient (Wildman–Crippen LogP) is 0.991. The van der Waals surface area contributed by atoms with E-state index in [0.717, 1.165) is 30.6 Å². The first kappa shape index (κ1) is 14.2. The van der Waals surface area contributed by atoms with Crippen molar-refractivity contribution in [3.8, 4) is 0 Å². The van der Waals surface area contributed by atoms with Gasteiger partial charge in [0.1, 0.15) is 4.32 Å². The number of para-hydroxylation sites is 1. The second kappa shape index (κ2) is 6.33.